The molecule has 1 aliphatic rings. The maximum atomic E-state index is 12.1. The Morgan fingerprint density at radius 3 is 2.95 bits per heavy atom. The van der Waals surface area contributed by atoms with E-state index < -0.39 is 0 Å². The van der Waals surface area contributed by atoms with Gasteiger partial charge >= 0.3 is 0 Å². The van der Waals surface area contributed by atoms with Gasteiger partial charge < -0.3 is 15.8 Å². The van der Waals surface area contributed by atoms with Crippen molar-refractivity contribution in [3.63, 3.8) is 0 Å². The van der Waals surface area contributed by atoms with Gasteiger partial charge in [-0.2, -0.15) is 0 Å². The molecule has 1 aromatic carbocycles. The molecule has 1 aromatic heterocycles. The summed E-state index contributed by atoms with van der Waals surface area (Å²) in [5.41, 5.74) is 7.41. The Bertz CT molecular complexity index is 610. The number of amides is 1. The molecule has 1 atom stereocenters. The van der Waals surface area contributed by atoms with Crippen molar-refractivity contribution < 1.29 is 9.53 Å². The Balaban J connectivity index is 1.76. The number of aromatic nitrogens is 1. The summed E-state index contributed by atoms with van der Waals surface area (Å²) in [7, 11) is 0. The fraction of sp³-hybridized carbons (Fsp3) is 0.143. The van der Waals surface area contributed by atoms with Crippen LogP contribution in [0.4, 0.5) is 5.69 Å². The summed E-state index contributed by atoms with van der Waals surface area (Å²) in [6.45, 7) is 0.445. The Kier molecular flexibility index (Phi) is 2.79. The molecule has 0 saturated carbocycles. The number of rotatable bonds is 2. The molecule has 0 spiro atoms. The van der Waals surface area contributed by atoms with Crippen LogP contribution in [0.2, 0.25) is 0 Å². The zero-order valence-electron chi connectivity index (χ0n) is 10.2. The maximum absolute atomic E-state index is 12.1. The monoisotopic (exact) mass is 255 g/mol. The van der Waals surface area contributed by atoms with Gasteiger partial charge in [-0.05, 0) is 18.2 Å². The molecule has 0 aliphatic carbocycles. The highest BCUT2D eigenvalue weighted by Gasteiger charge is 2.25. The first-order chi connectivity index (χ1) is 9.24. The second-order valence-electron chi connectivity index (χ2n) is 4.35. The summed E-state index contributed by atoms with van der Waals surface area (Å²) >= 11 is 0. The van der Waals surface area contributed by atoms with Crippen LogP contribution < -0.4 is 15.8 Å². The number of para-hydroxylation sites is 1. The number of hydrogen-bond donors (Lipinski definition) is 2. The van der Waals surface area contributed by atoms with Crippen LogP contribution in [0.3, 0.4) is 0 Å². The lowest BCUT2D eigenvalue weighted by atomic mass is 10.1. The van der Waals surface area contributed by atoms with Gasteiger partial charge in [0.05, 0.1) is 17.9 Å². The number of nitrogen functional groups attached to an aromatic ring is 1. The summed E-state index contributed by atoms with van der Waals surface area (Å²) < 4.78 is 5.51. The average molecular weight is 255 g/mol. The third-order valence-corrected chi connectivity index (χ3v) is 3.02. The lowest BCUT2D eigenvalue weighted by Crippen LogP contribution is -2.30. The van der Waals surface area contributed by atoms with E-state index in [1.807, 2.05) is 24.3 Å². The van der Waals surface area contributed by atoms with Crippen LogP contribution in [0.5, 0.6) is 5.75 Å². The zero-order valence-corrected chi connectivity index (χ0v) is 10.2. The van der Waals surface area contributed by atoms with Crippen molar-refractivity contribution in [1.29, 1.82) is 0 Å². The number of benzene rings is 1. The lowest BCUT2D eigenvalue weighted by Gasteiger charge is -2.11. The van der Waals surface area contributed by atoms with Crippen molar-refractivity contribution in [2.24, 2.45) is 0 Å². The largest absolute Gasteiger partial charge is 0.491 e. The standard InChI is InChI=1S/C14H13N3O2/c15-9-5-6-11(16-7-9)14(18)17-12-8-19-13-4-2-1-3-10(12)13/h1-7,12H,8,15H2,(H,17,18). The van der Waals surface area contributed by atoms with Gasteiger partial charge in [0, 0.05) is 5.56 Å². The highest BCUT2D eigenvalue weighted by Crippen LogP contribution is 2.31. The number of ether oxygens (including phenoxy) is 1. The minimum atomic E-state index is -0.231. The molecule has 1 aliphatic heterocycles. The summed E-state index contributed by atoms with van der Waals surface area (Å²) in [5.74, 6) is 0.586. The number of nitrogens with two attached hydrogens (primary N) is 1. The van der Waals surface area contributed by atoms with Crippen molar-refractivity contribution in [2.75, 3.05) is 12.3 Å². The molecular weight excluding hydrogens is 242 g/mol. The molecule has 5 heteroatoms. The van der Waals surface area contributed by atoms with E-state index in [9.17, 15) is 4.79 Å². The number of pyridine rings is 1. The molecule has 19 heavy (non-hydrogen) atoms. The van der Waals surface area contributed by atoms with Crippen LogP contribution >= 0.6 is 0 Å². The van der Waals surface area contributed by atoms with Crippen molar-refractivity contribution in [2.45, 2.75) is 6.04 Å². The summed E-state index contributed by atoms with van der Waals surface area (Å²) in [5, 5.41) is 2.90. The van der Waals surface area contributed by atoms with Gasteiger partial charge in [-0.3, -0.25) is 4.79 Å². The van der Waals surface area contributed by atoms with Gasteiger partial charge in [-0.25, -0.2) is 4.98 Å². The fourth-order valence-corrected chi connectivity index (χ4v) is 2.05. The van der Waals surface area contributed by atoms with Crippen LogP contribution in [-0.2, 0) is 0 Å². The molecule has 5 nitrogen and oxygen atoms in total. The number of nitrogens with one attached hydrogen (secondary N) is 1. The SMILES string of the molecule is Nc1ccc(C(=O)NC2COc3ccccc32)nc1. The second kappa shape index (κ2) is 4.61. The van der Waals surface area contributed by atoms with Crippen LogP contribution in [0.25, 0.3) is 0 Å². The van der Waals surface area contributed by atoms with Gasteiger partial charge in [0.15, 0.2) is 0 Å². The molecule has 0 fully saturated rings. The van der Waals surface area contributed by atoms with Crippen LogP contribution in [-0.4, -0.2) is 17.5 Å². The van der Waals surface area contributed by atoms with Gasteiger partial charge in [0.25, 0.3) is 5.91 Å². The number of fused-ring (bicyclic) bond motifs is 1. The Hall–Kier alpha value is -2.56. The summed E-state index contributed by atoms with van der Waals surface area (Å²) in [6, 6.07) is 10.8. The predicted molar refractivity (Wildman–Crippen MR) is 70.8 cm³/mol. The Labute approximate surface area is 110 Å². The molecule has 0 radical (unpaired) electrons. The number of hydrogen-bond acceptors (Lipinski definition) is 4. The van der Waals surface area contributed by atoms with E-state index in [1.165, 1.54) is 6.20 Å². The average Bonchev–Trinajstić information content (AvgIpc) is 2.83. The number of anilines is 1. The van der Waals surface area contributed by atoms with E-state index in [0.717, 1.165) is 11.3 Å². The van der Waals surface area contributed by atoms with E-state index in [0.29, 0.717) is 18.0 Å². The molecule has 1 unspecified atom stereocenters. The quantitative estimate of drug-likeness (QED) is 0.853. The van der Waals surface area contributed by atoms with Gasteiger partial charge in [0.2, 0.25) is 0 Å². The van der Waals surface area contributed by atoms with E-state index >= 15 is 0 Å². The molecule has 2 aromatic rings. The van der Waals surface area contributed by atoms with Crippen molar-refractivity contribution >= 4 is 11.6 Å². The molecule has 1 amide bonds. The molecule has 0 saturated heterocycles. The Morgan fingerprint density at radius 2 is 2.16 bits per heavy atom. The maximum Gasteiger partial charge on any atom is 0.270 e. The zero-order chi connectivity index (χ0) is 13.2. The first-order valence-electron chi connectivity index (χ1n) is 5.98. The van der Waals surface area contributed by atoms with Crippen molar-refractivity contribution in [3.8, 4) is 5.75 Å². The molecular formula is C14H13N3O2. The van der Waals surface area contributed by atoms with Crippen LogP contribution in [0, 0.1) is 0 Å². The number of carbonyl (C=O) groups is 1. The lowest BCUT2D eigenvalue weighted by molar-refractivity contribution is 0.0925. The van der Waals surface area contributed by atoms with Crippen molar-refractivity contribution in [3.05, 3.63) is 53.9 Å². The molecule has 3 N–H and O–H groups in total. The van der Waals surface area contributed by atoms with Crippen molar-refractivity contribution in [1.82, 2.24) is 10.3 Å². The van der Waals surface area contributed by atoms with Crippen LogP contribution in [0.15, 0.2) is 42.6 Å². The van der Waals surface area contributed by atoms with E-state index in [4.69, 9.17) is 10.5 Å². The highest BCUT2D eigenvalue weighted by molar-refractivity contribution is 5.92. The number of carbonyl (C=O) groups excluding carboxylic acids is 1. The van der Waals surface area contributed by atoms with E-state index in [1.54, 1.807) is 12.1 Å². The van der Waals surface area contributed by atoms with Gasteiger partial charge in [-0.1, -0.05) is 18.2 Å². The van der Waals surface area contributed by atoms with E-state index in [2.05, 4.69) is 10.3 Å². The van der Waals surface area contributed by atoms with Gasteiger partial charge in [-0.15, -0.1) is 0 Å². The normalized spacial score (nSPS) is 16.5. The molecule has 0 bridgehead atoms. The van der Waals surface area contributed by atoms with E-state index in [-0.39, 0.29) is 11.9 Å². The number of nitrogens with zero attached hydrogens (tertiary/aromatic N) is 1. The minimum absolute atomic E-state index is 0.136. The topological polar surface area (TPSA) is 77.2 Å². The smallest absolute Gasteiger partial charge is 0.270 e. The van der Waals surface area contributed by atoms with Gasteiger partial charge in [0.1, 0.15) is 18.1 Å². The molecule has 96 valence electrons. The third kappa shape index (κ3) is 2.22. The first-order valence-corrected chi connectivity index (χ1v) is 5.98. The molecule has 3 rings (SSSR count). The van der Waals surface area contributed by atoms with Crippen LogP contribution in [0.1, 0.15) is 22.1 Å². The second-order valence-corrected chi connectivity index (χ2v) is 4.35. The summed E-state index contributed by atoms with van der Waals surface area (Å²) in [6.07, 6.45) is 1.47. The Morgan fingerprint density at radius 1 is 1.32 bits per heavy atom. The fourth-order valence-electron chi connectivity index (χ4n) is 2.05. The first kappa shape index (κ1) is 11.5. The third-order valence-electron chi connectivity index (χ3n) is 3.02. The summed E-state index contributed by atoms with van der Waals surface area (Å²) in [4.78, 5) is 16.1. The predicted octanol–water partition coefficient (Wildman–Crippen LogP) is 1.53. The highest BCUT2D eigenvalue weighted by atomic mass is 16.5. The molecule has 2 heterocycles. The minimum Gasteiger partial charge on any atom is -0.491 e.